The van der Waals surface area contributed by atoms with Gasteiger partial charge in [0.05, 0.1) is 23.2 Å². The molecule has 0 aromatic heterocycles. The van der Waals surface area contributed by atoms with Gasteiger partial charge in [0.2, 0.25) is 5.91 Å². The van der Waals surface area contributed by atoms with Gasteiger partial charge in [-0.2, -0.15) is 5.26 Å². The van der Waals surface area contributed by atoms with Crippen LogP contribution in [0.15, 0.2) is 0 Å². The maximum absolute atomic E-state index is 11.5. The third-order valence-corrected chi connectivity index (χ3v) is 4.43. The van der Waals surface area contributed by atoms with Crippen molar-refractivity contribution in [2.45, 2.75) is 44.6 Å². The molecule has 0 radical (unpaired) electrons. The number of carbonyl (C=O) groups is 1. The number of aliphatic hydroxyl groups is 1. The molecule has 0 aromatic rings. The minimum absolute atomic E-state index is 0.0960. The van der Waals surface area contributed by atoms with Crippen LogP contribution in [0.4, 0.5) is 0 Å². The summed E-state index contributed by atoms with van der Waals surface area (Å²) in [5.74, 6) is 1.25. The van der Waals surface area contributed by atoms with Gasteiger partial charge >= 0.3 is 0 Å². The molecule has 4 nitrogen and oxygen atoms in total. The molecule has 1 amide bonds. The van der Waals surface area contributed by atoms with Crippen LogP contribution in [0.25, 0.3) is 0 Å². The van der Waals surface area contributed by atoms with Gasteiger partial charge in [0, 0.05) is 6.54 Å². The number of hydrogen-bond acceptors (Lipinski definition) is 4. The minimum atomic E-state index is -0.721. The summed E-state index contributed by atoms with van der Waals surface area (Å²) in [5.41, 5.74) is -0.721. The van der Waals surface area contributed by atoms with Crippen LogP contribution in [0.1, 0.15) is 39.0 Å². The van der Waals surface area contributed by atoms with Crippen LogP contribution in [0.2, 0.25) is 0 Å². The van der Waals surface area contributed by atoms with E-state index in [0.29, 0.717) is 18.1 Å². The van der Waals surface area contributed by atoms with Gasteiger partial charge in [0.15, 0.2) is 0 Å². The lowest BCUT2D eigenvalue weighted by Gasteiger charge is -2.35. The van der Waals surface area contributed by atoms with Crippen molar-refractivity contribution in [1.82, 2.24) is 5.32 Å². The normalized spacial score (nSPS) is 27.5. The molecule has 0 saturated heterocycles. The van der Waals surface area contributed by atoms with Crippen molar-refractivity contribution in [3.8, 4) is 6.07 Å². The molecule has 0 spiro atoms. The van der Waals surface area contributed by atoms with Crippen molar-refractivity contribution in [2.75, 3.05) is 18.1 Å². The largest absolute Gasteiger partial charge is 0.388 e. The lowest BCUT2D eigenvalue weighted by molar-refractivity contribution is -0.120. The Morgan fingerprint density at radius 2 is 2.22 bits per heavy atom. The van der Waals surface area contributed by atoms with E-state index in [1.54, 1.807) is 0 Å². The molecule has 1 fully saturated rings. The van der Waals surface area contributed by atoms with E-state index >= 15 is 0 Å². The minimum Gasteiger partial charge on any atom is -0.388 e. The van der Waals surface area contributed by atoms with E-state index in [0.717, 1.165) is 31.6 Å². The first-order chi connectivity index (χ1) is 8.59. The Labute approximate surface area is 113 Å². The average Bonchev–Trinajstić information content (AvgIpc) is 2.38. The second-order valence-electron chi connectivity index (χ2n) is 5.00. The SMILES string of the molecule is CCC1CCC(O)(CNC(=O)CSCC#N)CC1. The number of nitriles is 1. The number of nitrogens with zero attached hydrogens (tertiary/aromatic N) is 1. The Morgan fingerprint density at radius 1 is 1.56 bits per heavy atom. The van der Waals surface area contributed by atoms with E-state index < -0.39 is 5.60 Å². The average molecular weight is 270 g/mol. The molecule has 0 heterocycles. The number of rotatable bonds is 6. The Bertz CT molecular complexity index is 307. The molecule has 102 valence electrons. The van der Waals surface area contributed by atoms with Gasteiger partial charge in [0.25, 0.3) is 0 Å². The van der Waals surface area contributed by atoms with Crippen LogP contribution in [-0.2, 0) is 4.79 Å². The van der Waals surface area contributed by atoms with Crippen molar-refractivity contribution in [3.05, 3.63) is 0 Å². The summed E-state index contributed by atoms with van der Waals surface area (Å²) in [7, 11) is 0. The highest BCUT2D eigenvalue weighted by Gasteiger charge is 2.32. The van der Waals surface area contributed by atoms with Crippen LogP contribution in [0.3, 0.4) is 0 Å². The van der Waals surface area contributed by atoms with Crippen molar-refractivity contribution in [3.63, 3.8) is 0 Å². The van der Waals surface area contributed by atoms with Crippen LogP contribution in [0, 0.1) is 17.2 Å². The molecule has 0 aromatic carbocycles. The van der Waals surface area contributed by atoms with Crippen LogP contribution >= 0.6 is 11.8 Å². The molecule has 1 aliphatic carbocycles. The molecular weight excluding hydrogens is 248 g/mol. The molecule has 18 heavy (non-hydrogen) atoms. The molecule has 0 aliphatic heterocycles. The smallest absolute Gasteiger partial charge is 0.230 e. The highest BCUT2D eigenvalue weighted by molar-refractivity contribution is 8.00. The predicted octanol–water partition coefficient (Wildman–Crippen LogP) is 1.69. The van der Waals surface area contributed by atoms with E-state index in [1.165, 1.54) is 18.2 Å². The highest BCUT2D eigenvalue weighted by Crippen LogP contribution is 2.33. The fourth-order valence-electron chi connectivity index (χ4n) is 2.30. The zero-order valence-electron chi connectivity index (χ0n) is 10.9. The second kappa shape index (κ2) is 7.65. The number of thioether (sulfide) groups is 1. The van der Waals surface area contributed by atoms with Gasteiger partial charge in [-0.1, -0.05) is 13.3 Å². The second-order valence-corrected chi connectivity index (χ2v) is 5.99. The monoisotopic (exact) mass is 270 g/mol. The Morgan fingerprint density at radius 3 is 2.78 bits per heavy atom. The van der Waals surface area contributed by atoms with Crippen molar-refractivity contribution in [2.24, 2.45) is 5.92 Å². The summed E-state index contributed by atoms with van der Waals surface area (Å²) in [5, 5.41) is 21.5. The molecule has 2 N–H and O–H groups in total. The first-order valence-electron chi connectivity index (χ1n) is 6.53. The summed E-state index contributed by atoms with van der Waals surface area (Å²) in [6.07, 6.45) is 4.82. The zero-order chi connectivity index (χ0) is 13.4. The summed E-state index contributed by atoms with van der Waals surface area (Å²) in [6.45, 7) is 2.53. The number of hydrogen-bond donors (Lipinski definition) is 2. The van der Waals surface area contributed by atoms with E-state index in [-0.39, 0.29) is 5.91 Å². The van der Waals surface area contributed by atoms with E-state index in [9.17, 15) is 9.90 Å². The van der Waals surface area contributed by atoms with Gasteiger partial charge < -0.3 is 10.4 Å². The standard InChI is InChI=1S/C13H22N2O2S/c1-2-11-3-5-13(17,6-4-11)10-15-12(16)9-18-8-7-14/h11,17H,2-6,8-10H2,1H3,(H,15,16). The van der Waals surface area contributed by atoms with Gasteiger partial charge in [-0.15, -0.1) is 11.8 Å². The number of nitrogens with one attached hydrogen (secondary N) is 1. The number of carbonyl (C=O) groups excluding carboxylic acids is 1. The van der Waals surface area contributed by atoms with Gasteiger partial charge in [-0.05, 0) is 31.6 Å². The summed E-state index contributed by atoms with van der Waals surface area (Å²) in [6, 6.07) is 1.98. The molecule has 5 heteroatoms. The van der Waals surface area contributed by atoms with Crippen molar-refractivity contribution < 1.29 is 9.90 Å². The Hall–Kier alpha value is -0.730. The summed E-state index contributed by atoms with van der Waals surface area (Å²) < 4.78 is 0. The molecule has 0 bridgehead atoms. The summed E-state index contributed by atoms with van der Waals surface area (Å²) >= 11 is 1.30. The van der Waals surface area contributed by atoms with Crippen LogP contribution < -0.4 is 5.32 Å². The molecular formula is C13H22N2O2S. The van der Waals surface area contributed by atoms with Crippen molar-refractivity contribution in [1.29, 1.82) is 5.26 Å². The van der Waals surface area contributed by atoms with Crippen LogP contribution in [-0.4, -0.2) is 34.7 Å². The van der Waals surface area contributed by atoms with Crippen molar-refractivity contribution >= 4 is 17.7 Å². The highest BCUT2D eigenvalue weighted by atomic mass is 32.2. The summed E-state index contributed by atoms with van der Waals surface area (Å²) in [4.78, 5) is 11.5. The molecule has 1 aliphatic rings. The third-order valence-electron chi connectivity index (χ3n) is 3.63. The number of amides is 1. The lowest BCUT2D eigenvalue weighted by Crippen LogP contribution is -2.45. The third kappa shape index (κ3) is 5.28. The van der Waals surface area contributed by atoms with Gasteiger partial charge in [-0.25, -0.2) is 0 Å². The molecule has 0 unspecified atom stereocenters. The predicted molar refractivity (Wildman–Crippen MR) is 73.1 cm³/mol. The van der Waals surface area contributed by atoms with E-state index in [2.05, 4.69) is 12.2 Å². The van der Waals surface area contributed by atoms with E-state index in [4.69, 9.17) is 5.26 Å². The van der Waals surface area contributed by atoms with Gasteiger partial charge in [-0.3, -0.25) is 4.79 Å². The Balaban J connectivity index is 2.22. The van der Waals surface area contributed by atoms with E-state index in [1.807, 2.05) is 6.07 Å². The maximum atomic E-state index is 11.5. The zero-order valence-corrected chi connectivity index (χ0v) is 11.8. The van der Waals surface area contributed by atoms with Gasteiger partial charge in [0.1, 0.15) is 0 Å². The molecule has 1 saturated carbocycles. The first kappa shape index (κ1) is 15.3. The lowest BCUT2D eigenvalue weighted by atomic mass is 9.78. The Kier molecular flexibility index (Phi) is 6.51. The quantitative estimate of drug-likeness (QED) is 0.720. The van der Waals surface area contributed by atoms with Crippen LogP contribution in [0.5, 0.6) is 0 Å². The molecule has 1 rings (SSSR count). The molecule has 0 atom stereocenters. The fraction of sp³-hybridized carbons (Fsp3) is 0.846. The first-order valence-corrected chi connectivity index (χ1v) is 7.69. The topological polar surface area (TPSA) is 73.1 Å². The maximum Gasteiger partial charge on any atom is 0.230 e. The fourth-order valence-corrected chi connectivity index (χ4v) is 2.78.